The van der Waals surface area contributed by atoms with Crippen molar-refractivity contribution in [2.45, 2.75) is 46.5 Å². The molecule has 24 heavy (non-hydrogen) atoms. The summed E-state index contributed by atoms with van der Waals surface area (Å²) >= 11 is 0. The molecule has 0 atom stereocenters. The Hall–Kier alpha value is -1.61. The van der Waals surface area contributed by atoms with Gasteiger partial charge in [0.05, 0.1) is 0 Å². The highest BCUT2D eigenvalue weighted by Gasteiger charge is 2.21. The Labute approximate surface area is 147 Å². The summed E-state index contributed by atoms with van der Waals surface area (Å²) in [5.74, 6) is 0.115. The van der Waals surface area contributed by atoms with Gasteiger partial charge in [-0.15, -0.1) is 0 Å². The Balaban J connectivity index is 2.03. The SMILES string of the molecule is C=C(C)c1c(C(C)=O)cccc1N1CCN(CCCCCC)CC1. The minimum absolute atomic E-state index is 0.115. The van der Waals surface area contributed by atoms with Crippen LogP contribution >= 0.6 is 0 Å². The molecule has 0 bridgehead atoms. The van der Waals surface area contributed by atoms with Gasteiger partial charge >= 0.3 is 0 Å². The summed E-state index contributed by atoms with van der Waals surface area (Å²) in [7, 11) is 0. The van der Waals surface area contributed by atoms with Crippen molar-refractivity contribution in [2.75, 3.05) is 37.6 Å². The van der Waals surface area contributed by atoms with Crippen LogP contribution in [0.5, 0.6) is 0 Å². The highest BCUT2D eigenvalue weighted by molar-refractivity contribution is 6.01. The monoisotopic (exact) mass is 328 g/mol. The predicted molar refractivity (Wildman–Crippen MR) is 104 cm³/mol. The molecule has 1 aliphatic heterocycles. The number of carbonyl (C=O) groups is 1. The molecule has 1 aromatic carbocycles. The Morgan fingerprint density at radius 3 is 2.38 bits per heavy atom. The molecule has 0 unspecified atom stereocenters. The van der Waals surface area contributed by atoms with Crippen molar-refractivity contribution in [1.82, 2.24) is 4.90 Å². The maximum absolute atomic E-state index is 12.0. The van der Waals surface area contributed by atoms with Crippen LogP contribution < -0.4 is 4.90 Å². The van der Waals surface area contributed by atoms with Crippen LogP contribution in [-0.4, -0.2) is 43.4 Å². The normalized spacial score (nSPS) is 15.5. The molecular weight excluding hydrogens is 296 g/mol. The van der Waals surface area contributed by atoms with Gasteiger partial charge in [0.25, 0.3) is 0 Å². The first-order chi connectivity index (χ1) is 11.5. The van der Waals surface area contributed by atoms with Crippen LogP contribution in [0.3, 0.4) is 0 Å². The second-order valence-corrected chi connectivity index (χ2v) is 6.93. The van der Waals surface area contributed by atoms with E-state index in [9.17, 15) is 4.79 Å². The first kappa shape index (κ1) is 18.7. The summed E-state index contributed by atoms with van der Waals surface area (Å²) in [6.07, 6.45) is 5.30. The smallest absolute Gasteiger partial charge is 0.160 e. The fraction of sp³-hybridized carbons (Fsp3) is 0.571. The van der Waals surface area contributed by atoms with E-state index in [-0.39, 0.29) is 5.78 Å². The van der Waals surface area contributed by atoms with Gasteiger partial charge in [0.2, 0.25) is 0 Å². The van der Waals surface area contributed by atoms with Crippen LogP contribution in [0, 0.1) is 0 Å². The van der Waals surface area contributed by atoms with E-state index in [1.54, 1.807) is 6.92 Å². The molecule has 0 N–H and O–H groups in total. The van der Waals surface area contributed by atoms with Crippen LogP contribution in [0.15, 0.2) is 24.8 Å². The quantitative estimate of drug-likeness (QED) is 0.514. The van der Waals surface area contributed by atoms with E-state index in [1.165, 1.54) is 37.9 Å². The van der Waals surface area contributed by atoms with Crippen molar-refractivity contribution >= 4 is 17.0 Å². The topological polar surface area (TPSA) is 23.6 Å². The van der Waals surface area contributed by atoms with Crippen LogP contribution in [-0.2, 0) is 0 Å². The number of carbonyl (C=O) groups excluding carboxylic acids is 1. The molecule has 1 aliphatic rings. The molecular formula is C21H32N2O. The lowest BCUT2D eigenvalue weighted by Crippen LogP contribution is -2.47. The average molecular weight is 329 g/mol. The second kappa shape index (κ2) is 9.03. The lowest BCUT2D eigenvalue weighted by Gasteiger charge is -2.37. The molecule has 0 radical (unpaired) electrons. The molecule has 1 fully saturated rings. The van der Waals surface area contributed by atoms with E-state index in [1.807, 2.05) is 19.1 Å². The van der Waals surface area contributed by atoms with E-state index in [0.29, 0.717) is 0 Å². The summed E-state index contributed by atoms with van der Waals surface area (Å²) in [5.41, 5.74) is 3.96. The van der Waals surface area contributed by atoms with Crippen molar-refractivity contribution in [3.05, 3.63) is 35.9 Å². The Morgan fingerprint density at radius 1 is 1.08 bits per heavy atom. The summed E-state index contributed by atoms with van der Waals surface area (Å²) in [6, 6.07) is 6.04. The fourth-order valence-electron chi connectivity index (χ4n) is 3.52. The largest absolute Gasteiger partial charge is 0.368 e. The van der Waals surface area contributed by atoms with Crippen LogP contribution in [0.25, 0.3) is 5.57 Å². The number of Topliss-reactive ketones (excluding diaryl/α,β-unsaturated/α-hetero) is 1. The molecule has 132 valence electrons. The zero-order valence-electron chi connectivity index (χ0n) is 15.6. The van der Waals surface area contributed by atoms with Gasteiger partial charge in [0.15, 0.2) is 5.78 Å². The molecule has 1 saturated heterocycles. The van der Waals surface area contributed by atoms with Gasteiger partial charge in [-0.2, -0.15) is 0 Å². The first-order valence-corrected chi connectivity index (χ1v) is 9.31. The van der Waals surface area contributed by atoms with E-state index >= 15 is 0 Å². The number of allylic oxidation sites excluding steroid dienone is 1. The minimum Gasteiger partial charge on any atom is -0.368 e. The van der Waals surface area contributed by atoms with Crippen molar-refractivity contribution in [1.29, 1.82) is 0 Å². The molecule has 0 amide bonds. The molecule has 1 aromatic rings. The Bertz CT molecular complexity index is 571. The number of nitrogens with zero attached hydrogens (tertiary/aromatic N) is 2. The molecule has 0 saturated carbocycles. The van der Waals surface area contributed by atoms with Crippen LogP contribution in [0.2, 0.25) is 0 Å². The third-order valence-electron chi connectivity index (χ3n) is 4.89. The molecule has 0 aromatic heterocycles. The number of anilines is 1. The number of benzene rings is 1. The molecule has 2 rings (SSSR count). The first-order valence-electron chi connectivity index (χ1n) is 9.31. The Morgan fingerprint density at radius 2 is 1.79 bits per heavy atom. The second-order valence-electron chi connectivity index (χ2n) is 6.93. The van der Waals surface area contributed by atoms with Gasteiger partial charge in [0.1, 0.15) is 0 Å². The summed E-state index contributed by atoms with van der Waals surface area (Å²) in [6.45, 7) is 15.5. The molecule has 0 aliphatic carbocycles. The zero-order valence-corrected chi connectivity index (χ0v) is 15.6. The van der Waals surface area contributed by atoms with E-state index in [2.05, 4.69) is 29.4 Å². The summed E-state index contributed by atoms with van der Waals surface area (Å²) in [5, 5.41) is 0. The van der Waals surface area contributed by atoms with Gasteiger partial charge in [-0.25, -0.2) is 0 Å². The van der Waals surface area contributed by atoms with Crippen LogP contribution in [0.1, 0.15) is 62.4 Å². The molecule has 3 heteroatoms. The Kier molecular flexibility index (Phi) is 7.04. The van der Waals surface area contributed by atoms with Crippen molar-refractivity contribution < 1.29 is 4.79 Å². The standard InChI is InChI=1S/C21H32N2O/c1-5-6-7-8-12-22-13-15-23(16-14-22)20-11-9-10-19(18(4)24)21(20)17(2)3/h9-11H,2,5-8,12-16H2,1,3-4H3. The number of piperazine rings is 1. The van der Waals surface area contributed by atoms with E-state index in [4.69, 9.17) is 0 Å². The fourth-order valence-corrected chi connectivity index (χ4v) is 3.52. The summed E-state index contributed by atoms with van der Waals surface area (Å²) < 4.78 is 0. The van der Waals surface area contributed by atoms with Gasteiger partial charge < -0.3 is 4.90 Å². The predicted octanol–water partition coefficient (Wildman–Crippen LogP) is 4.62. The number of hydrogen-bond acceptors (Lipinski definition) is 3. The highest BCUT2D eigenvalue weighted by Crippen LogP contribution is 2.30. The summed E-state index contributed by atoms with van der Waals surface area (Å²) in [4.78, 5) is 16.9. The third-order valence-corrected chi connectivity index (χ3v) is 4.89. The number of hydrogen-bond donors (Lipinski definition) is 0. The van der Waals surface area contributed by atoms with Gasteiger partial charge in [-0.05, 0) is 38.5 Å². The lowest BCUT2D eigenvalue weighted by molar-refractivity contribution is 0.101. The van der Waals surface area contributed by atoms with Crippen molar-refractivity contribution in [3.8, 4) is 0 Å². The maximum Gasteiger partial charge on any atom is 0.160 e. The van der Waals surface area contributed by atoms with Gasteiger partial charge in [0, 0.05) is 43.0 Å². The highest BCUT2D eigenvalue weighted by atomic mass is 16.1. The number of unbranched alkanes of at least 4 members (excludes halogenated alkanes) is 3. The zero-order chi connectivity index (χ0) is 17.5. The average Bonchev–Trinajstić information content (AvgIpc) is 2.58. The van der Waals surface area contributed by atoms with E-state index < -0.39 is 0 Å². The molecule has 0 spiro atoms. The van der Waals surface area contributed by atoms with Gasteiger partial charge in [-0.1, -0.05) is 44.9 Å². The molecule has 1 heterocycles. The minimum atomic E-state index is 0.115. The van der Waals surface area contributed by atoms with Gasteiger partial charge in [-0.3, -0.25) is 9.69 Å². The molecule has 3 nitrogen and oxygen atoms in total. The van der Waals surface area contributed by atoms with E-state index in [0.717, 1.165) is 42.9 Å². The number of ketones is 1. The third kappa shape index (κ3) is 4.70. The van der Waals surface area contributed by atoms with Crippen molar-refractivity contribution in [3.63, 3.8) is 0 Å². The number of rotatable bonds is 8. The lowest BCUT2D eigenvalue weighted by atomic mass is 9.96. The van der Waals surface area contributed by atoms with Crippen LogP contribution in [0.4, 0.5) is 5.69 Å². The maximum atomic E-state index is 12.0. The van der Waals surface area contributed by atoms with Crippen molar-refractivity contribution in [2.24, 2.45) is 0 Å².